The van der Waals surface area contributed by atoms with Gasteiger partial charge in [-0.1, -0.05) is 11.6 Å². The SMILES string of the molecule is CCOC(=O)N(C)c1cc(-n2ncnc2[C@H](C)Nc2ncnc3c(C(F)(F)F)cc(Cl)cc23)ncn1. The Kier molecular flexibility index (Phi) is 6.88. The summed E-state index contributed by atoms with van der Waals surface area (Å²) < 4.78 is 47.0. The highest BCUT2D eigenvalue weighted by Gasteiger charge is 2.34. The van der Waals surface area contributed by atoms with Crippen LogP contribution in [-0.4, -0.2) is 54.4 Å². The molecular weight excluding hydrogens is 503 g/mol. The number of hydrogen-bond donors (Lipinski definition) is 1. The summed E-state index contributed by atoms with van der Waals surface area (Å²) >= 11 is 5.96. The molecule has 0 radical (unpaired) electrons. The van der Waals surface area contributed by atoms with Crippen molar-refractivity contribution >= 4 is 40.2 Å². The van der Waals surface area contributed by atoms with Crippen LogP contribution in [0.5, 0.6) is 0 Å². The van der Waals surface area contributed by atoms with Crippen LogP contribution in [0.25, 0.3) is 16.7 Å². The zero-order valence-electron chi connectivity index (χ0n) is 19.2. The van der Waals surface area contributed by atoms with E-state index in [9.17, 15) is 18.0 Å². The molecule has 4 rings (SSSR count). The molecule has 1 aromatic carbocycles. The first-order chi connectivity index (χ1) is 17.1. The lowest BCUT2D eigenvalue weighted by molar-refractivity contribution is -0.136. The highest BCUT2D eigenvalue weighted by atomic mass is 35.5. The predicted octanol–water partition coefficient (Wildman–Crippen LogP) is 4.44. The molecule has 1 amide bonds. The van der Waals surface area contributed by atoms with Crippen molar-refractivity contribution in [2.75, 3.05) is 23.9 Å². The van der Waals surface area contributed by atoms with Gasteiger partial charge in [-0.25, -0.2) is 29.7 Å². The third kappa shape index (κ3) is 4.98. The molecule has 15 heteroatoms. The van der Waals surface area contributed by atoms with Crippen LogP contribution in [0, 0.1) is 0 Å². The summed E-state index contributed by atoms with van der Waals surface area (Å²) in [5.74, 6) is 1.05. The lowest BCUT2D eigenvalue weighted by Crippen LogP contribution is -2.28. The van der Waals surface area contributed by atoms with Gasteiger partial charge in [0, 0.05) is 23.5 Å². The summed E-state index contributed by atoms with van der Waals surface area (Å²) in [5, 5.41) is 7.22. The Bertz CT molecular complexity index is 1410. The molecule has 11 nitrogen and oxygen atoms in total. The quantitative estimate of drug-likeness (QED) is 0.392. The average molecular weight is 522 g/mol. The number of carbonyl (C=O) groups is 1. The van der Waals surface area contributed by atoms with Gasteiger partial charge in [0.2, 0.25) is 0 Å². The number of amides is 1. The molecular formula is C21H19ClF3N9O2. The highest BCUT2D eigenvalue weighted by molar-refractivity contribution is 6.31. The molecule has 4 aromatic rings. The highest BCUT2D eigenvalue weighted by Crippen LogP contribution is 2.38. The van der Waals surface area contributed by atoms with Crippen LogP contribution in [0.2, 0.25) is 5.02 Å². The lowest BCUT2D eigenvalue weighted by Gasteiger charge is -2.18. The normalized spacial score (nSPS) is 12.4. The number of carbonyl (C=O) groups excluding carboxylic acids is 1. The Morgan fingerprint density at radius 3 is 2.61 bits per heavy atom. The van der Waals surface area contributed by atoms with Gasteiger partial charge in [0.15, 0.2) is 11.6 Å². The molecule has 3 aromatic heterocycles. The first-order valence-electron chi connectivity index (χ1n) is 10.5. The second kappa shape index (κ2) is 9.89. The second-order valence-electron chi connectivity index (χ2n) is 7.46. The van der Waals surface area contributed by atoms with Crippen molar-refractivity contribution in [2.24, 2.45) is 0 Å². The van der Waals surface area contributed by atoms with Crippen LogP contribution >= 0.6 is 11.6 Å². The summed E-state index contributed by atoms with van der Waals surface area (Å²) in [6.07, 6.45) is -1.66. The molecule has 0 saturated heterocycles. The van der Waals surface area contributed by atoms with Crippen LogP contribution in [0.1, 0.15) is 31.3 Å². The number of hydrogen-bond acceptors (Lipinski definition) is 9. The van der Waals surface area contributed by atoms with Crippen molar-refractivity contribution in [1.82, 2.24) is 34.7 Å². The average Bonchev–Trinajstić information content (AvgIpc) is 3.33. The maximum atomic E-state index is 13.5. The molecule has 0 spiro atoms. The third-order valence-electron chi connectivity index (χ3n) is 5.06. The van der Waals surface area contributed by atoms with E-state index in [1.807, 2.05) is 0 Å². The van der Waals surface area contributed by atoms with Crippen molar-refractivity contribution in [1.29, 1.82) is 0 Å². The summed E-state index contributed by atoms with van der Waals surface area (Å²) in [6, 6.07) is 3.09. The molecule has 0 aliphatic carbocycles. The largest absolute Gasteiger partial charge is 0.449 e. The molecule has 3 heterocycles. The number of aromatic nitrogens is 7. The van der Waals surface area contributed by atoms with Gasteiger partial charge >= 0.3 is 12.3 Å². The van der Waals surface area contributed by atoms with E-state index in [-0.39, 0.29) is 34.2 Å². The molecule has 0 aliphatic heterocycles. The van der Waals surface area contributed by atoms with E-state index < -0.39 is 23.9 Å². The van der Waals surface area contributed by atoms with Crippen molar-refractivity contribution in [3.05, 3.63) is 53.6 Å². The van der Waals surface area contributed by atoms with E-state index in [1.165, 1.54) is 41.4 Å². The Hall–Kier alpha value is -4.07. The van der Waals surface area contributed by atoms with Gasteiger partial charge in [-0.3, -0.25) is 4.90 Å². The number of nitrogens with zero attached hydrogens (tertiary/aromatic N) is 8. The minimum absolute atomic E-state index is 0.0932. The van der Waals surface area contributed by atoms with Crippen LogP contribution in [0.15, 0.2) is 37.2 Å². The first-order valence-corrected chi connectivity index (χ1v) is 10.9. The van der Waals surface area contributed by atoms with Crippen molar-refractivity contribution < 1.29 is 22.7 Å². The lowest BCUT2D eigenvalue weighted by atomic mass is 10.1. The summed E-state index contributed by atoms with van der Waals surface area (Å²) in [6.45, 7) is 3.60. The number of ether oxygens (including phenoxy) is 1. The minimum Gasteiger partial charge on any atom is -0.449 e. The maximum absolute atomic E-state index is 13.5. The summed E-state index contributed by atoms with van der Waals surface area (Å²) in [5.41, 5.74) is -1.26. The molecule has 0 aliphatic rings. The van der Waals surface area contributed by atoms with Crippen LogP contribution in [0.4, 0.5) is 29.6 Å². The van der Waals surface area contributed by atoms with Crippen molar-refractivity contribution in [3.63, 3.8) is 0 Å². The zero-order chi connectivity index (χ0) is 26.0. The number of halogens is 4. The van der Waals surface area contributed by atoms with Gasteiger partial charge in [0.05, 0.1) is 23.7 Å². The minimum atomic E-state index is -4.65. The van der Waals surface area contributed by atoms with E-state index in [0.29, 0.717) is 11.6 Å². The molecule has 0 unspecified atom stereocenters. The van der Waals surface area contributed by atoms with Gasteiger partial charge in [-0.2, -0.15) is 23.0 Å². The topological polar surface area (TPSA) is 124 Å². The number of nitrogens with one attached hydrogen (secondary N) is 1. The van der Waals surface area contributed by atoms with Crippen molar-refractivity contribution in [3.8, 4) is 5.82 Å². The molecule has 36 heavy (non-hydrogen) atoms. The van der Waals surface area contributed by atoms with E-state index in [4.69, 9.17) is 16.3 Å². The van der Waals surface area contributed by atoms with E-state index >= 15 is 0 Å². The molecule has 0 bridgehead atoms. The Morgan fingerprint density at radius 1 is 1.14 bits per heavy atom. The fraction of sp³-hybridized carbons (Fsp3) is 0.286. The molecule has 188 valence electrons. The van der Waals surface area contributed by atoms with Crippen LogP contribution < -0.4 is 10.2 Å². The van der Waals surface area contributed by atoms with Gasteiger partial charge in [0.25, 0.3) is 0 Å². The Morgan fingerprint density at radius 2 is 1.89 bits per heavy atom. The number of fused-ring (bicyclic) bond motifs is 1. The van der Waals surface area contributed by atoms with E-state index in [1.54, 1.807) is 13.8 Å². The van der Waals surface area contributed by atoms with Gasteiger partial charge in [-0.15, -0.1) is 0 Å². The third-order valence-corrected chi connectivity index (χ3v) is 5.28. The summed E-state index contributed by atoms with van der Waals surface area (Å²) in [7, 11) is 1.50. The Balaban J connectivity index is 1.67. The van der Waals surface area contributed by atoms with Crippen molar-refractivity contribution in [2.45, 2.75) is 26.1 Å². The van der Waals surface area contributed by atoms with Gasteiger partial charge in [-0.05, 0) is 26.0 Å². The monoisotopic (exact) mass is 521 g/mol. The smallest absolute Gasteiger partial charge is 0.418 e. The Labute approximate surface area is 207 Å². The predicted molar refractivity (Wildman–Crippen MR) is 124 cm³/mol. The van der Waals surface area contributed by atoms with Gasteiger partial charge < -0.3 is 10.1 Å². The summed E-state index contributed by atoms with van der Waals surface area (Å²) in [4.78, 5) is 33.7. The second-order valence-corrected chi connectivity index (χ2v) is 7.89. The molecule has 0 saturated carbocycles. The number of alkyl halides is 3. The first kappa shape index (κ1) is 25.0. The number of benzene rings is 1. The molecule has 0 fully saturated rings. The fourth-order valence-corrected chi connectivity index (χ4v) is 3.62. The molecule has 1 N–H and O–H groups in total. The number of rotatable bonds is 6. The molecule has 1 atom stereocenters. The standard InChI is InChI=1S/C21H19ClF3N9O2/c1-4-36-20(35)33(3)15-7-16(27-8-26-15)34-19(30-10-31-34)11(2)32-18-13-5-12(22)6-14(21(23,24)25)17(13)28-9-29-18/h5-11H,4H2,1-3H3,(H,28,29,32)/t11-/m0/s1. The maximum Gasteiger partial charge on any atom is 0.418 e. The fourth-order valence-electron chi connectivity index (χ4n) is 3.41. The zero-order valence-corrected chi connectivity index (χ0v) is 19.9. The van der Waals surface area contributed by atoms with Crippen LogP contribution in [-0.2, 0) is 10.9 Å². The number of anilines is 2. The van der Waals surface area contributed by atoms with E-state index in [2.05, 4.69) is 35.3 Å². The van der Waals surface area contributed by atoms with E-state index in [0.717, 1.165) is 12.4 Å². The van der Waals surface area contributed by atoms with Gasteiger partial charge in [0.1, 0.15) is 30.6 Å². The van der Waals surface area contributed by atoms with Crippen LogP contribution in [0.3, 0.4) is 0 Å².